The van der Waals surface area contributed by atoms with Gasteiger partial charge in [0.25, 0.3) is 0 Å². The third-order valence-electron chi connectivity index (χ3n) is 3.28. The summed E-state index contributed by atoms with van der Waals surface area (Å²) in [6.45, 7) is 6.60. The molecule has 0 N–H and O–H groups in total. The summed E-state index contributed by atoms with van der Waals surface area (Å²) in [5, 5.41) is 0. The molecule has 1 heterocycles. The highest BCUT2D eigenvalue weighted by atomic mass is 16.5. The summed E-state index contributed by atoms with van der Waals surface area (Å²) in [6, 6.07) is 6.07. The first-order valence-electron chi connectivity index (χ1n) is 5.37. The van der Waals surface area contributed by atoms with Crippen LogP contribution in [0.4, 0.5) is 0 Å². The van der Waals surface area contributed by atoms with Crippen LogP contribution in [0, 0.1) is 0 Å². The van der Waals surface area contributed by atoms with Gasteiger partial charge < -0.3 is 4.74 Å². The molecule has 1 aromatic rings. The van der Waals surface area contributed by atoms with Crippen LogP contribution in [0.1, 0.15) is 38.3 Å². The highest BCUT2D eigenvalue weighted by molar-refractivity contribution is 5.81. The van der Waals surface area contributed by atoms with Gasteiger partial charge in [-0.3, -0.25) is 4.79 Å². The molecular formula is C13H16O2. The summed E-state index contributed by atoms with van der Waals surface area (Å²) in [6.07, 6.45) is 1.50. The van der Waals surface area contributed by atoms with E-state index in [-0.39, 0.29) is 11.4 Å². The molecule has 0 aromatic heterocycles. The smallest absolute Gasteiger partial charge is 0.315 e. The van der Waals surface area contributed by atoms with Gasteiger partial charge in [0, 0.05) is 5.56 Å². The number of carbonyl (C=O) groups excluding carboxylic acids is 1. The lowest BCUT2D eigenvalue weighted by atomic mass is 9.81. The Balaban J connectivity index is 2.39. The van der Waals surface area contributed by atoms with Crippen molar-refractivity contribution in [1.29, 1.82) is 0 Å². The Morgan fingerprint density at radius 1 is 1.40 bits per heavy atom. The van der Waals surface area contributed by atoms with E-state index in [9.17, 15) is 4.79 Å². The number of esters is 1. The molecule has 1 aliphatic rings. The molecule has 0 unspecified atom stereocenters. The van der Waals surface area contributed by atoms with Crippen LogP contribution in [0.2, 0.25) is 0 Å². The second kappa shape index (κ2) is 3.37. The topological polar surface area (TPSA) is 26.3 Å². The van der Waals surface area contributed by atoms with E-state index >= 15 is 0 Å². The van der Waals surface area contributed by atoms with Gasteiger partial charge in [-0.05, 0) is 23.5 Å². The van der Waals surface area contributed by atoms with Crippen molar-refractivity contribution in [1.82, 2.24) is 0 Å². The van der Waals surface area contributed by atoms with Crippen molar-refractivity contribution < 1.29 is 9.53 Å². The summed E-state index contributed by atoms with van der Waals surface area (Å²) in [5.74, 6) is 0.590. The lowest BCUT2D eigenvalue weighted by molar-refractivity contribution is -0.131. The third-order valence-corrected chi connectivity index (χ3v) is 3.28. The number of benzene rings is 1. The summed E-state index contributed by atoms with van der Waals surface area (Å²) in [7, 11) is 0. The Kier molecular flexibility index (Phi) is 2.29. The van der Waals surface area contributed by atoms with E-state index in [2.05, 4.69) is 32.9 Å². The van der Waals surface area contributed by atoms with Crippen LogP contribution in [0.25, 0.3) is 0 Å². The molecule has 0 saturated carbocycles. The molecule has 2 heteroatoms. The lowest BCUT2D eigenvalue weighted by Gasteiger charge is -2.23. The number of hydrogen-bond acceptors (Lipinski definition) is 2. The van der Waals surface area contributed by atoms with Crippen LogP contribution < -0.4 is 4.74 Å². The van der Waals surface area contributed by atoms with Crippen LogP contribution in [-0.4, -0.2) is 5.97 Å². The monoisotopic (exact) mass is 204 g/mol. The summed E-state index contributed by atoms with van der Waals surface area (Å²) < 4.78 is 5.07. The highest BCUT2D eigenvalue weighted by Gasteiger charge is 2.24. The molecule has 0 radical (unpaired) electrons. The van der Waals surface area contributed by atoms with Crippen molar-refractivity contribution in [2.45, 2.75) is 39.0 Å². The Labute approximate surface area is 90.3 Å². The van der Waals surface area contributed by atoms with Crippen molar-refractivity contribution in [2.24, 2.45) is 0 Å². The zero-order valence-electron chi connectivity index (χ0n) is 9.46. The fourth-order valence-corrected chi connectivity index (χ4v) is 1.76. The number of carbonyl (C=O) groups is 1. The zero-order valence-corrected chi connectivity index (χ0v) is 9.46. The Hall–Kier alpha value is -1.31. The third kappa shape index (κ3) is 1.76. The van der Waals surface area contributed by atoms with Crippen molar-refractivity contribution >= 4 is 5.97 Å². The van der Waals surface area contributed by atoms with E-state index in [1.807, 2.05) is 6.07 Å². The van der Waals surface area contributed by atoms with E-state index in [1.165, 1.54) is 5.56 Å². The molecule has 0 bridgehead atoms. The van der Waals surface area contributed by atoms with Gasteiger partial charge >= 0.3 is 5.97 Å². The van der Waals surface area contributed by atoms with Gasteiger partial charge in [0.05, 0.1) is 6.42 Å². The van der Waals surface area contributed by atoms with Crippen molar-refractivity contribution in [3.05, 3.63) is 29.3 Å². The fraction of sp³-hybridized carbons (Fsp3) is 0.462. The maximum Gasteiger partial charge on any atom is 0.315 e. The van der Waals surface area contributed by atoms with Crippen molar-refractivity contribution in [3.63, 3.8) is 0 Å². The predicted molar refractivity (Wildman–Crippen MR) is 59.1 cm³/mol. The van der Waals surface area contributed by atoms with Gasteiger partial charge in [0.1, 0.15) is 5.75 Å². The second-order valence-corrected chi connectivity index (χ2v) is 4.71. The molecule has 0 spiro atoms. The molecule has 0 fully saturated rings. The normalized spacial score (nSPS) is 15.0. The Morgan fingerprint density at radius 3 is 2.80 bits per heavy atom. The molecule has 0 aliphatic carbocycles. The second-order valence-electron chi connectivity index (χ2n) is 4.71. The van der Waals surface area contributed by atoms with Crippen molar-refractivity contribution in [2.75, 3.05) is 0 Å². The minimum absolute atomic E-state index is 0.142. The van der Waals surface area contributed by atoms with Gasteiger partial charge in [-0.15, -0.1) is 0 Å². The first kappa shape index (κ1) is 10.2. The average molecular weight is 204 g/mol. The Bertz CT molecular complexity index is 405. The fourth-order valence-electron chi connectivity index (χ4n) is 1.76. The quantitative estimate of drug-likeness (QED) is 0.547. The SMILES string of the molecule is CCC(C)(C)c1ccc2c(c1)CC(=O)O2. The molecule has 2 nitrogen and oxygen atoms in total. The number of fused-ring (bicyclic) bond motifs is 1. The predicted octanol–water partition coefficient (Wildman–Crippen LogP) is 2.84. The van der Waals surface area contributed by atoms with Crippen LogP contribution in [0.5, 0.6) is 5.75 Å². The highest BCUT2D eigenvalue weighted by Crippen LogP contribution is 2.33. The molecule has 1 aliphatic heterocycles. The molecule has 0 saturated heterocycles. The molecule has 2 rings (SSSR count). The van der Waals surface area contributed by atoms with Crippen LogP contribution in [0.3, 0.4) is 0 Å². The van der Waals surface area contributed by atoms with Gasteiger partial charge in [-0.1, -0.05) is 32.9 Å². The van der Waals surface area contributed by atoms with Gasteiger partial charge in [-0.2, -0.15) is 0 Å². The molecule has 0 amide bonds. The van der Waals surface area contributed by atoms with E-state index < -0.39 is 0 Å². The molecular weight excluding hydrogens is 188 g/mol. The van der Waals surface area contributed by atoms with E-state index in [4.69, 9.17) is 4.74 Å². The number of rotatable bonds is 2. The molecule has 80 valence electrons. The van der Waals surface area contributed by atoms with Crippen LogP contribution in [-0.2, 0) is 16.6 Å². The molecule has 0 atom stereocenters. The number of hydrogen-bond donors (Lipinski definition) is 0. The van der Waals surface area contributed by atoms with Gasteiger partial charge in [-0.25, -0.2) is 0 Å². The maximum absolute atomic E-state index is 11.1. The molecule has 15 heavy (non-hydrogen) atoms. The first-order chi connectivity index (χ1) is 7.03. The summed E-state index contributed by atoms with van der Waals surface area (Å²) >= 11 is 0. The minimum atomic E-state index is -0.142. The summed E-state index contributed by atoms with van der Waals surface area (Å²) in [5.41, 5.74) is 2.47. The van der Waals surface area contributed by atoms with E-state index in [1.54, 1.807) is 0 Å². The van der Waals surface area contributed by atoms with Crippen LogP contribution >= 0.6 is 0 Å². The standard InChI is InChI=1S/C13H16O2/c1-4-13(2,3)10-5-6-11-9(7-10)8-12(14)15-11/h5-7H,4,8H2,1-3H3. The zero-order chi connectivity index (χ0) is 11.1. The average Bonchev–Trinajstić information content (AvgIpc) is 2.56. The first-order valence-corrected chi connectivity index (χ1v) is 5.37. The summed E-state index contributed by atoms with van der Waals surface area (Å²) in [4.78, 5) is 11.1. The maximum atomic E-state index is 11.1. The minimum Gasteiger partial charge on any atom is -0.426 e. The number of ether oxygens (including phenoxy) is 1. The van der Waals surface area contributed by atoms with Crippen molar-refractivity contribution in [3.8, 4) is 5.75 Å². The van der Waals surface area contributed by atoms with Crippen LogP contribution in [0.15, 0.2) is 18.2 Å². The largest absolute Gasteiger partial charge is 0.426 e. The van der Waals surface area contributed by atoms with Gasteiger partial charge in [0.2, 0.25) is 0 Å². The van der Waals surface area contributed by atoms with E-state index in [0.717, 1.165) is 17.7 Å². The lowest BCUT2D eigenvalue weighted by Crippen LogP contribution is -2.15. The molecule has 1 aromatic carbocycles. The van der Waals surface area contributed by atoms with E-state index in [0.29, 0.717) is 6.42 Å². The van der Waals surface area contributed by atoms with Gasteiger partial charge in [0.15, 0.2) is 0 Å². The Morgan fingerprint density at radius 2 is 2.13 bits per heavy atom.